The van der Waals surface area contributed by atoms with Crippen LogP contribution in [0, 0.1) is 0 Å². The third kappa shape index (κ3) is 3.05. The number of methoxy groups -OCH3 is 1. The molecular formula is C17H15N3O. The van der Waals surface area contributed by atoms with Crippen LogP contribution >= 0.6 is 0 Å². The maximum atomic E-state index is 5.17. The van der Waals surface area contributed by atoms with Gasteiger partial charge in [-0.25, -0.2) is 0 Å². The van der Waals surface area contributed by atoms with Crippen LogP contribution in [0.15, 0.2) is 60.8 Å². The van der Waals surface area contributed by atoms with Crippen molar-refractivity contribution in [2.24, 2.45) is 0 Å². The Labute approximate surface area is 123 Å². The summed E-state index contributed by atoms with van der Waals surface area (Å²) in [7, 11) is 1.66. The lowest BCUT2D eigenvalue weighted by molar-refractivity contribution is 0.414. The standard InChI is InChI=1S/C17H15N3O/c1-21-15-9-7-13(8-10-15)11-17-16(12-18-20-19-17)14-5-3-2-4-6-14/h2-10,12H,11H2,1H3. The molecule has 21 heavy (non-hydrogen) atoms. The fraction of sp³-hybridized carbons (Fsp3) is 0.118. The van der Waals surface area contributed by atoms with Crippen molar-refractivity contribution in [2.75, 3.05) is 7.11 Å². The van der Waals surface area contributed by atoms with Crippen LogP contribution in [0.2, 0.25) is 0 Å². The van der Waals surface area contributed by atoms with Crippen molar-refractivity contribution >= 4 is 0 Å². The molecular weight excluding hydrogens is 262 g/mol. The lowest BCUT2D eigenvalue weighted by atomic mass is 10.0. The van der Waals surface area contributed by atoms with Crippen molar-refractivity contribution in [2.45, 2.75) is 6.42 Å². The van der Waals surface area contributed by atoms with Crippen molar-refractivity contribution in [1.82, 2.24) is 15.4 Å². The average Bonchev–Trinajstić information content (AvgIpc) is 2.57. The Morgan fingerprint density at radius 1 is 0.952 bits per heavy atom. The number of hydrogen-bond donors (Lipinski definition) is 0. The summed E-state index contributed by atoms with van der Waals surface area (Å²) in [5.74, 6) is 0.850. The van der Waals surface area contributed by atoms with Gasteiger partial charge >= 0.3 is 0 Å². The molecule has 104 valence electrons. The Morgan fingerprint density at radius 3 is 2.43 bits per heavy atom. The summed E-state index contributed by atoms with van der Waals surface area (Å²) in [5, 5.41) is 11.9. The first-order valence-corrected chi connectivity index (χ1v) is 6.72. The summed E-state index contributed by atoms with van der Waals surface area (Å²) in [6.07, 6.45) is 2.48. The van der Waals surface area contributed by atoms with E-state index in [1.165, 1.54) is 0 Å². The second-order valence-electron chi connectivity index (χ2n) is 4.69. The van der Waals surface area contributed by atoms with E-state index in [1.807, 2.05) is 42.5 Å². The minimum absolute atomic E-state index is 0.712. The molecule has 0 fully saturated rings. The van der Waals surface area contributed by atoms with E-state index in [1.54, 1.807) is 13.3 Å². The molecule has 0 aliphatic heterocycles. The van der Waals surface area contributed by atoms with Crippen LogP contribution in [0.3, 0.4) is 0 Å². The van der Waals surface area contributed by atoms with Crippen molar-refractivity contribution in [3.63, 3.8) is 0 Å². The molecule has 4 heteroatoms. The highest BCUT2D eigenvalue weighted by Gasteiger charge is 2.08. The first-order chi connectivity index (χ1) is 10.4. The highest BCUT2D eigenvalue weighted by atomic mass is 16.5. The van der Waals surface area contributed by atoms with Gasteiger partial charge in [0.25, 0.3) is 0 Å². The van der Waals surface area contributed by atoms with Crippen LogP contribution in [-0.4, -0.2) is 22.5 Å². The quantitative estimate of drug-likeness (QED) is 0.735. The van der Waals surface area contributed by atoms with E-state index in [2.05, 4.69) is 27.5 Å². The molecule has 3 rings (SSSR count). The van der Waals surface area contributed by atoms with E-state index < -0.39 is 0 Å². The summed E-state index contributed by atoms with van der Waals surface area (Å²) in [5.41, 5.74) is 4.19. The molecule has 0 amide bonds. The number of hydrogen-bond acceptors (Lipinski definition) is 4. The molecule has 4 nitrogen and oxygen atoms in total. The number of aromatic nitrogens is 3. The molecule has 0 aliphatic rings. The van der Waals surface area contributed by atoms with E-state index in [9.17, 15) is 0 Å². The van der Waals surface area contributed by atoms with Gasteiger partial charge < -0.3 is 4.74 Å². The van der Waals surface area contributed by atoms with Crippen molar-refractivity contribution < 1.29 is 4.74 Å². The molecule has 0 spiro atoms. The van der Waals surface area contributed by atoms with Gasteiger partial charge in [-0.15, -0.1) is 10.2 Å². The Morgan fingerprint density at radius 2 is 1.71 bits per heavy atom. The van der Waals surface area contributed by atoms with Crippen LogP contribution in [0.5, 0.6) is 5.75 Å². The van der Waals surface area contributed by atoms with Gasteiger partial charge in [0.1, 0.15) is 5.75 Å². The van der Waals surface area contributed by atoms with Crippen LogP contribution in [0.1, 0.15) is 11.3 Å². The van der Waals surface area contributed by atoms with Gasteiger partial charge in [0.15, 0.2) is 0 Å². The van der Waals surface area contributed by atoms with Crippen LogP contribution in [-0.2, 0) is 6.42 Å². The number of benzene rings is 2. The molecule has 0 bridgehead atoms. The summed E-state index contributed by atoms with van der Waals surface area (Å²) < 4.78 is 5.17. The van der Waals surface area contributed by atoms with Gasteiger partial charge in [-0.1, -0.05) is 42.5 Å². The zero-order chi connectivity index (χ0) is 14.5. The SMILES string of the molecule is COc1ccc(Cc2nnncc2-c2ccccc2)cc1. The molecule has 0 N–H and O–H groups in total. The smallest absolute Gasteiger partial charge is 0.118 e. The Hall–Kier alpha value is -2.75. The fourth-order valence-electron chi connectivity index (χ4n) is 2.22. The molecule has 1 aromatic heterocycles. The van der Waals surface area contributed by atoms with Gasteiger partial charge in [0, 0.05) is 12.0 Å². The Bertz CT molecular complexity index is 712. The largest absolute Gasteiger partial charge is 0.497 e. The van der Waals surface area contributed by atoms with Crippen molar-refractivity contribution in [3.05, 3.63) is 72.1 Å². The highest BCUT2D eigenvalue weighted by molar-refractivity contribution is 5.65. The van der Waals surface area contributed by atoms with Crippen molar-refractivity contribution in [3.8, 4) is 16.9 Å². The minimum Gasteiger partial charge on any atom is -0.497 e. The summed E-state index contributed by atoms with van der Waals surface area (Å²) in [6.45, 7) is 0. The first-order valence-electron chi connectivity index (χ1n) is 6.72. The molecule has 0 saturated heterocycles. The zero-order valence-electron chi connectivity index (χ0n) is 11.7. The van der Waals surface area contributed by atoms with Gasteiger partial charge in [0.2, 0.25) is 0 Å². The predicted molar refractivity (Wildman–Crippen MR) is 81.1 cm³/mol. The van der Waals surface area contributed by atoms with Gasteiger partial charge in [-0.2, -0.15) is 0 Å². The van der Waals surface area contributed by atoms with E-state index in [-0.39, 0.29) is 0 Å². The third-order valence-electron chi connectivity index (χ3n) is 3.33. The van der Waals surface area contributed by atoms with Gasteiger partial charge in [-0.3, -0.25) is 0 Å². The molecule has 0 radical (unpaired) electrons. The lowest BCUT2D eigenvalue weighted by Crippen LogP contribution is -2.00. The topological polar surface area (TPSA) is 47.9 Å². The molecule has 0 unspecified atom stereocenters. The summed E-state index contributed by atoms with van der Waals surface area (Å²) >= 11 is 0. The molecule has 2 aromatic carbocycles. The monoisotopic (exact) mass is 277 g/mol. The number of rotatable bonds is 4. The maximum Gasteiger partial charge on any atom is 0.118 e. The molecule has 3 aromatic rings. The van der Waals surface area contributed by atoms with Crippen molar-refractivity contribution in [1.29, 1.82) is 0 Å². The molecule has 0 aliphatic carbocycles. The Kier molecular flexibility index (Phi) is 3.87. The van der Waals surface area contributed by atoms with Crippen LogP contribution in [0.4, 0.5) is 0 Å². The number of nitrogens with zero attached hydrogens (tertiary/aromatic N) is 3. The fourth-order valence-corrected chi connectivity index (χ4v) is 2.22. The maximum absolute atomic E-state index is 5.17. The van der Waals surface area contributed by atoms with Gasteiger partial charge in [0.05, 0.1) is 19.0 Å². The zero-order valence-corrected chi connectivity index (χ0v) is 11.7. The van der Waals surface area contributed by atoms with E-state index >= 15 is 0 Å². The van der Waals surface area contributed by atoms with E-state index in [0.717, 1.165) is 28.1 Å². The number of ether oxygens (including phenoxy) is 1. The predicted octanol–water partition coefficient (Wildman–Crippen LogP) is 3.14. The van der Waals surface area contributed by atoms with Gasteiger partial charge in [-0.05, 0) is 28.5 Å². The first kappa shape index (κ1) is 13.2. The molecule has 1 heterocycles. The highest BCUT2D eigenvalue weighted by Crippen LogP contribution is 2.23. The van der Waals surface area contributed by atoms with E-state index in [0.29, 0.717) is 6.42 Å². The third-order valence-corrected chi connectivity index (χ3v) is 3.33. The normalized spacial score (nSPS) is 10.3. The summed E-state index contributed by atoms with van der Waals surface area (Å²) in [4.78, 5) is 0. The lowest BCUT2D eigenvalue weighted by Gasteiger charge is -2.07. The van der Waals surface area contributed by atoms with E-state index in [4.69, 9.17) is 4.74 Å². The summed E-state index contributed by atoms with van der Waals surface area (Å²) in [6, 6.07) is 18.1. The minimum atomic E-state index is 0.712. The van der Waals surface area contributed by atoms with Crippen LogP contribution in [0.25, 0.3) is 11.1 Å². The molecule has 0 atom stereocenters. The Balaban J connectivity index is 1.92. The second kappa shape index (κ2) is 6.13. The average molecular weight is 277 g/mol. The van der Waals surface area contributed by atoms with Crippen LogP contribution < -0.4 is 4.74 Å². The second-order valence-corrected chi connectivity index (χ2v) is 4.69. The molecule has 0 saturated carbocycles.